The highest BCUT2D eigenvalue weighted by Gasteiger charge is 2.60. The number of nitriles is 1. The normalized spacial score (nSPS) is 22.0. The number of aromatic nitrogens is 1. The van der Waals surface area contributed by atoms with E-state index in [4.69, 9.17) is 17.5 Å². The van der Waals surface area contributed by atoms with E-state index in [2.05, 4.69) is 10.3 Å². The maximum absolute atomic E-state index is 14.7. The third-order valence-electron chi connectivity index (χ3n) is 6.15. The molecule has 0 aromatic carbocycles. The van der Waals surface area contributed by atoms with E-state index in [1.807, 2.05) is 0 Å². The summed E-state index contributed by atoms with van der Waals surface area (Å²) in [6.45, 7) is 0. The standard InChI is InChI=1S/C21H17F4N5O2S/c1-27-17(31)13-4-3-11(8-15(13)22)30-19(33)29(18(32)20(30)5-2-6-20)12-7-14(21(23,24)25)16(9-26)28-10-12/h3-4,7,10-11H,2,5-6,8H2,1H3,(H,27,31). The van der Waals surface area contributed by atoms with Crippen LogP contribution in [0.4, 0.5) is 23.2 Å². The second kappa shape index (κ2) is 7.91. The molecule has 2 heterocycles. The van der Waals surface area contributed by atoms with Gasteiger partial charge in [0.05, 0.1) is 29.1 Å². The molecule has 0 bridgehead atoms. The summed E-state index contributed by atoms with van der Waals surface area (Å²) in [6, 6.07) is 1.37. The maximum atomic E-state index is 14.7. The highest BCUT2D eigenvalue weighted by Crippen LogP contribution is 2.48. The SMILES string of the molecule is CNC(=O)C1=C(F)CC(N2C(=S)N(c3cnc(C#N)c(C(F)(F)F)c3)C(=O)C23CCC3)C=C1. The first-order valence-corrected chi connectivity index (χ1v) is 10.4. The summed E-state index contributed by atoms with van der Waals surface area (Å²) in [4.78, 5) is 31.4. The minimum atomic E-state index is -4.86. The lowest BCUT2D eigenvalue weighted by atomic mass is 9.74. The summed E-state index contributed by atoms with van der Waals surface area (Å²) in [5.74, 6) is -1.79. The average molecular weight is 479 g/mol. The highest BCUT2D eigenvalue weighted by molar-refractivity contribution is 7.80. The molecular formula is C21H17F4N5O2S. The molecule has 2 aliphatic carbocycles. The fourth-order valence-corrected chi connectivity index (χ4v) is 4.89. The zero-order valence-corrected chi connectivity index (χ0v) is 18.1. The number of amides is 2. The van der Waals surface area contributed by atoms with Crippen LogP contribution < -0.4 is 10.2 Å². The Morgan fingerprint density at radius 2 is 2.09 bits per heavy atom. The number of carbonyl (C=O) groups is 2. The average Bonchev–Trinajstić information content (AvgIpc) is 2.98. The van der Waals surface area contributed by atoms with E-state index in [1.165, 1.54) is 19.2 Å². The van der Waals surface area contributed by atoms with E-state index >= 15 is 0 Å². The number of carbonyl (C=O) groups excluding carboxylic acids is 2. The van der Waals surface area contributed by atoms with Crippen LogP contribution >= 0.6 is 12.2 Å². The van der Waals surface area contributed by atoms with E-state index in [9.17, 15) is 27.2 Å². The van der Waals surface area contributed by atoms with Crippen molar-refractivity contribution in [2.75, 3.05) is 11.9 Å². The number of likely N-dealkylation sites (N-methyl/N-ethyl adjacent to an activating group) is 1. The molecule has 1 unspecified atom stereocenters. The molecule has 1 atom stereocenters. The fraction of sp³-hybridized carbons (Fsp3) is 0.381. The molecule has 1 aromatic rings. The van der Waals surface area contributed by atoms with Crippen molar-refractivity contribution in [1.82, 2.24) is 15.2 Å². The Hall–Kier alpha value is -3.33. The Kier molecular flexibility index (Phi) is 5.48. The molecule has 172 valence electrons. The second-order valence-corrected chi connectivity index (χ2v) is 8.27. The quantitative estimate of drug-likeness (QED) is 0.530. The van der Waals surface area contributed by atoms with Crippen LogP contribution in [0.25, 0.3) is 0 Å². The molecule has 1 spiro atoms. The van der Waals surface area contributed by atoms with Crippen molar-refractivity contribution >= 4 is 34.8 Å². The first kappa shape index (κ1) is 22.8. The van der Waals surface area contributed by atoms with Crippen LogP contribution in [0, 0.1) is 11.3 Å². The zero-order valence-electron chi connectivity index (χ0n) is 17.2. The molecule has 2 amide bonds. The van der Waals surface area contributed by atoms with Crippen molar-refractivity contribution in [1.29, 1.82) is 5.26 Å². The number of anilines is 1. The van der Waals surface area contributed by atoms with Gasteiger partial charge in [0.1, 0.15) is 17.4 Å². The topological polar surface area (TPSA) is 89.3 Å². The number of hydrogen-bond acceptors (Lipinski definition) is 5. The molecule has 1 saturated carbocycles. The number of halogens is 4. The van der Waals surface area contributed by atoms with E-state index in [0.29, 0.717) is 25.3 Å². The Labute approximate surface area is 191 Å². The van der Waals surface area contributed by atoms with Gasteiger partial charge in [-0.2, -0.15) is 18.4 Å². The van der Waals surface area contributed by atoms with Crippen molar-refractivity contribution in [3.8, 4) is 6.07 Å². The molecule has 1 saturated heterocycles. The number of thiocarbonyl (C=S) groups is 1. The van der Waals surface area contributed by atoms with Crippen LogP contribution in [-0.2, 0) is 15.8 Å². The summed E-state index contributed by atoms with van der Waals surface area (Å²) in [6.07, 6.45) is 0.284. The second-order valence-electron chi connectivity index (χ2n) is 7.91. The summed E-state index contributed by atoms with van der Waals surface area (Å²) < 4.78 is 55.0. The van der Waals surface area contributed by atoms with Crippen LogP contribution in [0.15, 0.2) is 35.8 Å². The molecule has 1 N–H and O–H groups in total. The molecule has 1 aromatic heterocycles. The minimum Gasteiger partial charge on any atom is -0.355 e. The van der Waals surface area contributed by atoms with Gasteiger partial charge in [0.2, 0.25) is 0 Å². The van der Waals surface area contributed by atoms with Crippen molar-refractivity contribution in [2.24, 2.45) is 0 Å². The van der Waals surface area contributed by atoms with E-state index < -0.39 is 46.7 Å². The first-order chi connectivity index (χ1) is 15.5. The van der Waals surface area contributed by atoms with E-state index in [0.717, 1.165) is 11.1 Å². The molecule has 33 heavy (non-hydrogen) atoms. The third-order valence-corrected chi connectivity index (χ3v) is 6.53. The van der Waals surface area contributed by atoms with Crippen LogP contribution in [-0.4, -0.2) is 45.4 Å². The van der Waals surface area contributed by atoms with Gasteiger partial charge in [0.15, 0.2) is 10.8 Å². The molecule has 7 nitrogen and oxygen atoms in total. The van der Waals surface area contributed by atoms with Gasteiger partial charge in [-0.05, 0) is 43.6 Å². The van der Waals surface area contributed by atoms with Crippen molar-refractivity contribution in [3.05, 3.63) is 47.1 Å². The Bertz CT molecular complexity index is 1170. The monoisotopic (exact) mass is 479 g/mol. The number of pyridine rings is 1. The predicted octanol–water partition coefficient (Wildman–Crippen LogP) is 3.13. The zero-order chi connectivity index (χ0) is 24.1. The molecule has 0 radical (unpaired) electrons. The van der Waals surface area contributed by atoms with Gasteiger partial charge in [0.25, 0.3) is 11.8 Å². The van der Waals surface area contributed by atoms with Gasteiger partial charge in [-0.25, -0.2) is 9.37 Å². The lowest BCUT2D eigenvalue weighted by molar-refractivity contribution is -0.138. The summed E-state index contributed by atoms with van der Waals surface area (Å²) in [7, 11) is 1.37. The molecular weight excluding hydrogens is 462 g/mol. The van der Waals surface area contributed by atoms with Crippen molar-refractivity contribution in [2.45, 2.75) is 43.4 Å². The fourth-order valence-electron chi connectivity index (χ4n) is 4.39. The number of nitrogens with zero attached hydrogens (tertiary/aromatic N) is 4. The van der Waals surface area contributed by atoms with Gasteiger partial charge in [0, 0.05) is 13.5 Å². The molecule has 2 fully saturated rings. The number of alkyl halides is 3. The van der Waals surface area contributed by atoms with E-state index in [-0.39, 0.29) is 22.8 Å². The Morgan fingerprint density at radius 1 is 1.39 bits per heavy atom. The molecule has 4 rings (SSSR count). The number of nitrogens with one attached hydrogen (secondary N) is 1. The van der Waals surface area contributed by atoms with E-state index in [1.54, 1.807) is 11.0 Å². The summed E-state index contributed by atoms with van der Waals surface area (Å²) in [5.41, 5.74) is -3.55. The minimum absolute atomic E-state index is 0.0785. The van der Waals surface area contributed by atoms with Crippen LogP contribution in [0.3, 0.4) is 0 Å². The Morgan fingerprint density at radius 3 is 2.61 bits per heavy atom. The van der Waals surface area contributed by atoms with Gasteiger partial charge < -0.3 is 10.2 Å². The smallest absolute Gasteiger partial charge is 0.355 e. The Balaban J connectivity index is 1.73. The molecule has 3 aliphatic rings. The lowest BCUT2D eigenvalue weighted by Crippen LogP contribution is -2.58. The van der Waals surface area contributed by atoms with Gasteiger partial charge in [-0.1, -0.05) is 6.08 Å². The third kappa shape index (κ3) is 3.47. The van der Waals surface area contributed by atoms with Crippen molar-refractivity contribution < 1.29 is 27.2 Å². The largest absolute Gasteiger partial charge is 0.419 e. The first-order valence-electron chi connectivity index (χ1n) is 9.99. The summed E-state index contributed by atoms with van der Waals surface area (Å²) in [5, 5.41) is 11.3. The van der Waals surface area contributed by atoms with Crippen LogP contribution in [0.1, 0.15) is 36.9 Å². The molecule has 12 heteroatoms. The predicted molar refractivity (Wildman–Crippen MR) is 112 cm³/mol. The van der Waals surface area contributed by atoms with Gasteiger partial charge >= 0.3 is 6.18 Å². The number of rotatable bonds is 3. The van der Waals surface area contributed by atoms with Crippen molar-refractivity contribution in [3.63, 3.8) is 0 Å². The molecule has 1 aliphatic heterocycles. The van der Waals surface area contributed by atoms with Gasteiger partial charge in [-0.15, -0.1) is 0 Å². The maximum Gasteiger partial charge on any atom is 0.419 e. The lowest BCUT2D eigenvalue weighted by Gasteiger charge is -2.46. The van der Waals surface area contributed by atoms with Crippen LogP contribution in [0.5, 0.6) is 0 Å². The highest BCUT2D eigenvalue weighted by atomic mass is 32.1. The van der Waals surface area contributed by atoms with Gasteiger partial charge in [-0.3, -0.25) is 14.5 Å². The van der Waals surface area contributed by atoms with Crippen LogP contribution in [0.2, 0.25) is 0 Å². The number of hydrogen-bond donors (Lipinski definition) is 1. The summed E-state index contributed by atoms with van der Waals surface area (Å²) >= 11 is 5.50.